The predicted molar refractivity (Wildman–Crippen MR) is 64.8 cm³/mol. The van der Waals surface area contributed by atoms with Crippen LogP contribution in [0.1, 0.15) is 35.6 Å². The quantitative estimate of drug-likeness (QED) is 0.817. The van der Waals surface area contributed by atoms with Gasteiger partial charge in [-0.15, -0.1) is 5.10 Å². The van der Waals surface area contributed by atoms with Crippen LogP contribution in [-0.4, -0.2) is 43.0 Å². The first-order valence-corrected chi connectivity index (χ1v) is 5.85. The van der Waals surface area contributed by atoms with Crippen LogP contribution in [0.5, 0.6) is 0 Å². The van der Waals surface area contributed by atoms with Gasteiger partial charge in [-0.1, -0.05) is 6.92 Å². The molecule has 2 N–H and O–H groups in total. The largest absolute Gasteiger partial charge is 0.347 e. The molecule has 2 aromatic heterocycles. The molecule has 2 rings (SSSR count). The van der Waals surface area contributed by atoms with E-state index in [0.717, 1.165) is 24.5 Å². The summed E-state index contributed by atoms with van der Waals surface area (Å²) in [5.41, 5.74) is 0. The van der Waals surface area contributed by atoms with Gasteiger partial charge in [0.05, 0.1) is 6.54 Å². The fourth-order valence-corrected chi connectivity index (χ4v) is 1.59. The summed E-state index contributed by atoms with van der Waals surface area (Å²) in [7, 11) is 1.70. The van der Waals surface area contributed by atoms with Crippen LogP contribution < -0.4 is 0 Å². The highest BCUT2D eigenvalue weighted by atomic mass is 16.2. The van der Waals surface area contributed by atoms with Crippen molar-refractivity contribution in [2.75, 3.05) is 7.05 Å². The second kappa shape index (κ2) is 5.44. The maximum absolute atomic E-state index is 12.0. The van der Waals surface area contributed by atoms with Gasteiger partial charge < -0.3 is 9.88 Å². The fourth-order valence-electron chi connectivity index (χ4n) is 1.59. The number of imidazole rings is 1. The van der Waals surface area contributed by atoms with E-state index in [-0.39, 0.29) is 11.7 Å². The molecule has 0 radical (unpaired) electrons. The van der Waals surface area contributed by atoms with E-state index in [9.17, 15) is 4.79 Å². The number of hydrogen-bond acceptors (Lipinski definition) is 4. The zero-order chi connectivity index (χ0) is 13.0. The van der Waals surface area contributed by atoms with Gasteiger partial charge in [0.2, 0.25) is 5.82 Å². The number of rotatable bonds is 5. The molecule has 7 heteroatoms. The lowest BCUT2D eigenvalue weighted by Crippen LogP contribution is -2.27. The Morgan fingerprint density at radius 3 is 2.94 bits per heavy atom. The summed E-state index contributed by atoms with van der Waals surface area (Å²) in [6, 6.07) is 0. The molecule has 2 heterocycles. The summed E-state index contributed by atoms with van der Waals surface area (Å²) in [5, 5.41) is 6.70. The maximum atomic E-state index is 12.0. The van der Waals surface area contributed by atoms with Crippen molar-refractivity contribution >= 4 is 5.91 Å². The van der Waals surface area contributed by atoms with Gasteiger partial charge in [-0.25, -0.2) is 9.97 Å². The normalized spacial score (nSPS) is 10.6. The number of H-pyrrole nitrogens is 2. The van der Waals surface area contributed by atoms with Gasteiger partial charge in [0.1, 0.15) is 11.6 Å². The Morgan fingerprint density at radius 2 is 2.28 bits per heavy atom. The molecule has 0 unspecified atom stereocenters. The van der Waals surface area contributed by atoms with Crippen LogP contribution in [0.4, 0.5) is 0 Å². The van der Waals surface area contributed by atoms with Crippen LogP contribution in [0.3, 0.4) is 0 Å². The standard InChI is InChI=1S/C11H16N6O/c1-3-4-8-14-10(16-15-8)11(18)17(2)7-9-12-5-6-13-9/h5-6H,3-4,7H2,1-2H3,(H,12,13)(H,14,15,16). The molecular weight excluding hydrogens is 232 g/mol. The average molecular weight is 248 g/mol. The molecule has 0 saturated heterocycles. The molecule has 0 aliphatic heterocycles. The third kappa shape index (κ3) is 2.73. The van der Waals surface area contributed by atoms with E-state index in [1.165, 1.54) is 4.90 Å². The highest BCUT2D eigenvalue weighted by Gasteiger charge is 2.17. The summed E-state index contributed by atoms with van der Waals surface area (Å²) in [6.45, 7) is 2.45. The Kier molecular flexibility index (Phi) is 3.71. The summed E-state index contributed by atoms with van der Waals surface area (Å²) in [6.07, 6.45) is 5.13. The molecule has 96 valence electrons. The van der Waals surface area contributed by atoms with Crippen molar-refractivity contribution in [2.45, 2.75) is 26.3 Å². The lowest BCUT2D eigenvalue weighted by molar-refractivity contribution is 0.0770. The van der Waals surface area contributed by atoms with E-state index in [1.807, 2.05) is 6.92 Å². The van der Waals surface area contributed by atoms with Crippen LogP contribution in [0.2, 0.25) is 0 Å². The first-order chi connectivity index (χ1) is 8.70. The SMILES string of the molecule is CCCc1nc(C(=O)N(C)Cc2ncc[nH]2)n[nH]1. The Morgan fingerprint density at radius 1 is 1.44 bits per heavy atom. The third-order valence-corrected chi connectivity index (χ3v) is 2.50. The van der Waals surface area contributed by atoms with Crippen LogP contribution in [0, 0.1) is 0 Å². The van der Waals surface area contributed by atoms with Crippen LogP contribution in [0.25, 0.3) is 0 Å². The lowest BCUT2D eigenvalue weighted by Gasteiger charge is -2.12. The van der Waals surface area contributed by atoms with E-state index < -0.39 is 0 Å². The van der Waals surface area contributed by atoms with E-state index in [0.29, 0.717) is 6.54 Å². The number of hydrogen-bond donors (Lipinski definition) is 2. The topological polar surface area (TPSA) is 90.6 Å². The van der Waals surface area contributed by atoms with E-state index in [1.54, 1.807) is 19.4 Å². The van der Waals surface area contributed by atoms with Gasteiger partial charge >= 0.3 is 0 Å². The van der Waals surface area contributed by atoms with Crippen molar-refractivity contribution in [3.05, 3.63) is 29.9 Å². The smallest absolute Gasteiger partial charge is 0.293 e. The molecule has 0 aliphatic carbocycles. The number of amides is 1. The minimum Gasteiger partial charge on any atom is -0.347 e. The van der Waals surface area contributed by atoms with Crippen molar-refractivity contribution < 1.29 is 4.79 Å². The molecule has 2 aromatic rings. The summed E-state index contributed by atoms with van der Waals surface area (Å²) in [4.78, 5) is 24.7. The van der Waals surface area contributed by atoms with Crippen molar-refractivity contribution in [2.24, 2.45) is 0 Å². The van der Waals surface area contributed by atoms with Crippen LogP contribution >= 0.6 is 0 Å². The molecule has 0 fully saturated rings. The van der Waals surface area contributed by atoms with Gasteiger partial charge in [-0.05, 0) is 6.42 Å². The zero-order valence-corrected chi connectivity index (χ0v) is 10.5. The lowest BCUT2D eigenvalue weighted by atomic mass is 10.3. The Bertz CT molecular complexity index is 503. The molecular formula is C11H16N6O. The van der Waals surface area contributed by atoms with E-state index >= 15 is 0 Å². The van der Waals surface area contributed by atoms with Crippen molar-refractivity contribution in [3.63, 3.8) is 0 Å². The van der Waals surface area contributed by atoms with Gasteiger partial charge in [-0.2, -0.15) is 0 Å². The van der Waals surface area contributed by atoms with Crippen molar-refractivity contribution in [1.29, 1.82) is 0 Å². The maximum Gasteiger partial charge on any atom is 0.293 e. The van der Waals surface area contributed by atoms with Crippen LogP contribution in [0.15, 0.2) is 12.4 Å². The van der Waals surface area contributed by atoms with E-state index in [2.05, 4.69) is 25.1 Å². The van der Waals surface area contributed by atoms with Gasteiger partial charge in [-0.3, -0.25) is 9.89 Å². The number of carbonyl (C=O) groups excluding carboxylic acids is 1. The minimum atomic E-state index is -0.218. The van der Waals surface area contributed by atoms with Gasteiger partial charge in [0.25, 0.3) is 5.91 Å². The molecule has 0 aliphatic rings. The fraction of sp³-hybridized carbons (Fsp3) is 0.455. The second-order valence-electron chi connectivity index (χ2n) is 4.05. The third-order valence-electron chi connectivity index (χ3n) is 2.50. The monoisotopic (exact) mass is 248 g/mol. The predicted octanol–water partition coefficient (Wildman–Crippen LogP) is 0.752. The first kappa shape index (κ1) is 12.3. The summed E-state index contributed by atoms with van der Waals surface area (Å²) < 4.78 is 0. The van der Waals surface area contributed by atoms with Crippen molar-refractivity contribution in [1.82, 2.24) is 30.0 Å². The molecule has 0 spiro atoms. The number of carbonyl (C=O) groups is 1. The summed E-state index contributed by atoms with van der Waals surface area (Å²) >= 11 is 0. The molecule has 1 amide bonds. The Balaban J connectivity index is 2.01. The Labute approximate surface area is 105 Å². The van der Waals surface area contributed by atoms with Crippen LogP contribution in [-0.2, 0) is 13.0 Å². The minimum absolute atomic E-state index is 0.201. The number of aromatic amines is 2. The van der Waals surface area contributed by atoms with E-state index in [4.69, 9.17) is 0 Å². The highest BCUT2D eigenvalue weighted by Crippen LogP contribution is 2.03. The number of nitrogens with zero attached hydrogens (tertiary/aromatic N) is 4. The second-order valence-corrected chi connectivity index (χ2v) is 4.05. The molecule has 0 atom stereocenters. The van der Waals surface area contributed by atoms with Gasteiger partial charge in [0, 0.05) is 25.9 Å². The zero-order valence-electron chi connectivity index (χ0n) is 10.5. The molecule has 0 aromatic carbocycles. The number of aromatic nitrogens is 5. The number of aryl methyl sites for hydroxylation is 1. The molecule has 0 saturated carbocycles. The highest BCUT2D eigenvalue weighted by molar-refractivity contribution is 5.90. The van der Waals surface area contributed by atoms with Gasteiger partial charge in [0.15, 0.2) is 0 Å². The first-order valence-electron chi connectivity index (χ1n) is 5.85. The number of nitrogens with one attached hydrogen (secondary N) is 2. The Hall–Kier alpha value is -2.18. The molecule has 7 nitrogen and oxygen atoms in total. The average Bonchev–Trinajstić information content (AvgIpc) is 3.00. The summed E-state index contributed by atoms with van der Waals surface area (Å²) in [5.74, 6) is 1.46. The molecule has 0 bridgehead atoms. The van der Waals surface area contributed by atoms with Crippen molar-refractivity contribution in [3.8, 4) is 0 Å². The molecule has 18 heavy (non-hydrogen) atoms.